The van der Waals surface area contributed by atoms with Crippen LogP contribution in [-0.2, 0) is 0 Å². The number of nitrogens with one attached hydrogen (secondary N) is 1. The highest BCUT2D eigenvalue weighted by Gasteiger charge is 2.06. The van der Waals surface area contributed by atoms with E-state index in [-0.39, 0.29) is 5.69 Å². The van der Waals surface area contributed by atoms with E-state index >= 15 is 0 Å². The number of nitrogens with zero attached hydrogens (tertiary/aromatic N) is 3. The fourth-order valence-electron chi connectivity index (χ4n) is 1.06. The summed E-state index contributed by atoms with van der Waals surface area (Å²) in [5.41, 5.74) is 1.45. The molecule has 0 fully saturated rings. The van der Waals surface area contributed by atoms with E-state index in [4.69, 9.17) is 0 Å². The number of pyridine rings is 1. The van der Waals surface area contributed by atoms with Gasteiger partial charge in [0, 0.05) is 17.8 Å². The van der Waals surface area contributed by atoms with Crippen molar-refractivity contribution in [2.75, 3.05) is 0 Å². The highest BCUT2D eigenvalue weighted by Crippen LogP contribution is 2.17. The smallest absolute Gasteiger partial charge is 0.285 e. The summed E-state index contributed by atoms with van der Waals surface area (Å²) >= 11 is 0. The van der Waals surface area contributed by atoms with Crippen LogP contribution in [0, 0.1) is 10.1 Å². The van der Waals surface area contributed by atoms with Gasteiger partial charge in [-0.1, -0.05) is 0 Å². The second kappa shape index (κ2) is 3.25. The van der Waals surface area contributed by atoms with Crippen molar-refractivity contribution in [3.05, 3.63) is 40.8 Å². The van der Waals surface area contributed by atoms with E-state index in [1.807, 2.05) is 0 Å². The molecule has 2 heterocycles. The lowest BCUT2D eigenvalue weighted by Crippen LogP contribution is -1.89. The molecule has 14 heavy (non-hydrogen) atoms. The van der Waals surface area contributed by atoms with Crippen molar-refractivity contribution < 1.29 is 4.92 Å². The zero-order valence-corrected chi connectivity index (χ0v) is 7.04. The lowest BCUT2D eigenvalue weighted by atomic mass is 10.2. The van der Waals surface area contributed by atoms with Crippen LogP contribution in [0.2, 0.25) is 0 Å². The maximum atomic E-state index is 10.3. The molecule has 0 aliphatic heterocycles. The van der Waals surface area contributed by atoms with Crippen molar-refractivity contribution in [2.24, 2.45) is 0 Å². The van der Waals surface area contributed by atoms with Gasteiger partial charge in [0.2, 0.25) is 0 Å². The second-order valence-electron chi connectivity index (χ2n) is 2.65. The van der Waals surface area contributed by atoms with E-state index in [9.17, 15) is 10.1 Å². The van der Waals surface area contributed by atoms with Gasteiger partial charge in [0.05, 0.1) is 16.8 Å². The van der Waals surface area contributed by atoms with Crippen LogP contribution in [-0.4, -0.2) is 20.1 Å². The molecule has 0 saturated carbocycles. The normalized spacial score (nSPS) is 10.0. The number of aromatic amines is 1. The Bertz CT molecular complexity index is 435. The molecule has 0 saturated heterocycles. The first-order valence-corrected chi connectivity index (χ1v) is 3.87. The van der Waals surface area contributed by atoms with E-state index in [1.54, 1.807) is 18.5 Å². The summed E-state index contributed by atoms with van der Waals surface area (Å²) in [7, 11) is 0. The summed E-state index contributed by atoms with van der Waals surface area (Å²) in [5, 5.41) is 16.7. The first kappa shape index (κ1) is 8.36. The molecule has 6 nitrogen and oxygen atoms in total. The van der Waals surface area contributed by atoms with Crippen molar-refractivity contribution in [3.8, 4) is 11.3 Å². The number of H-pyrrole nitrogens is 1. The van der Waals surface area contributed by atoms with Gasteiger partial charge >= 0.3 is 0 Å². The van der Waals surface area contributed by atoms with Crippen molar-refractivity contribution in [1.82, 2.24) is 15.2 Å². The molecule has 0 aliphatic rings. The van der Waals surface area contributed by atoms with E-state index in [0.717, 1.165) is 5.56 Å². The first-order chi connectivity index (χ1) is 6.77. The molecule has 6 heteroatoms. The SMILES string of the molecule is O=[N+]([O-])c1ccc(-c2cn[nH]c2)nc1. The Hall–Kier alpha value is -2.24. The third-order valence-corrected chi connectivity index (χ3v) is 1.75. The monoisotopic (exact) mass is 190 g/mol. The summed E-state index contributed by atoms with van der Waals surface area (Å²) in [5.74, 6) is 0. The van der Waals surface area contributed by atoms with Gasteiger partial charge in [0.25, 0.3) is 5.69 Å². The van der Waals surface area contributed by atoms with Crippen molar-refractivity contribution >= 4 is 5.69 Å². The van der Waals surface area contributed by atoms with Gasteiger partial charge in [-0.25, -0.2) is 4.98 Å². The van der Waals surface area contributed by atoms with E-state index in [1.165, 1.54) is 12.3 Å². The van der Waals surface area contributed by atoms with Gasteiger partial charge in [0.1, 0.15) is 6.20 Å². The molecule has 70 valence electrons. The molecule has 0 spiro atoms. The minimum Gasteiger partial charge on any atom is -0.285 e. The summed E-state index contributed by atoms with van der Waals surface area (Å²) in [6.07, 6.45) is 4.50. The number of nitro groups is 1. The Balaban J connectivity index is 2.36. The molecule has 2 rings (SSSR count). The first-order valence-electron chi connectivity index (χ1n) is 3.87. The van der Waals surface area contributed by atoms with Crippen LogP contribution in [0.3, 0.4) is 0 Å². The molecule has 0 atom stereocenters. The number of aromatic nitrogens is 3. The summed E-state index contributed by atoms with van der Waals surface area (Å²) in [6, 6.07) is 3.00. The summed E-state index contributed by atoms with van der Waals surface area (Å²) in [6.45, 7) is 0. The number of hydrogen-bond acceptors (Lipinski definition) is 4. The fourth-order valence-corrected chi connectivity index (χ4v) is 1.06. The van der Waals surface area contributed by atoms with E-state index < -0.39 is 4.92 Å². The molecule has 1 N–H and O–H groups in total. The molecule has 0 bridgehead atoms. The quantitative estimate of drug-likeness (QED) is 0.572. The van der Waals surface area contributed by atoms with Crippen molar-refractivity contribution in [2.45, 2.75) is 0 Å². The highest BCUT2D eigenvalue weighted by molar-refractivity contribution is 5.57. The predicted octanol–water partition coefficient (Wildman–Crippen LogP) is 1.38. The lowest BCUT2D eigenvalue weighted by molar-refractivity contribution is -0.385. The Morgan fingerprint density at radius 2 is 2.21 bits per heavy atom. The van der Waals surface area contributed by atoms with Gasteiger partial charge in [0.15, 0.2) is 0 Å². The number of hydrogen-bond donors (Lipinski definition) is 1. The Labute approximate surface area is 78.8 Å². The Morgan fingerprint density at radius 1 is 1.36 bits per heavy atom. The maximum Gasteiger partial charge on any atom is 0.287 e. The minimum atomic E-state index is -0.480. The van der Waals surface area contributed by atoms with Gasteiger partial charge in [-0.3, -0.25) is 15.2 Å². The highest BCUT2D eigenvalue weighted by atomic mass is 16.6. The molecule has 0 aliphatic carbocycles. The Morgan fingerprint density at radius 3 is 2.71 bits per heavy atom. The fraction of sp³-hybridized carbons (Fsp3) is 0. The van der Waals surface area contributed by atoms with Crippen LogP contribution in [0.1, 0.15) is 0 Å². The van der Waals surface area contributed by atoms with Gasteiger partial charge < -0.3 is 0 Å². The lowest BCUT2D eigenvalue weighted by Gasteiger charge is -1.94. The largest absolute Gasteiger partial charge is 0.287 e. The Kier molecular flexibility index (Phi) is 1.94. The van der Waals surface area contributed by atoms with Crippen LogP contribution < -0.4 is 0 Å². The van der Waals surface area contributed by atoms with E-state index in [0.29, 0.717) is 5.69 Å². The average Bonchev–Trinajstić information content (AvgIpc) is 2.71. The zero-order valence-electron chi connectivity index (χ0n) is 7.04. The molecule has 0 unspecified atom stereocenters. The average molecular weight is 190 g/mol. The molecule has 2 aromatic heterocycles. The molecule has 0 radical (unpaired) electrons. The van der Waals surface area contributed by atoms with Gasteiger partial charge in [-0.2, -0.15) is 5.10 Å². The van der Waals surface area contributed by atoms with Crippen LogP contribution in [0.15, 0.2) is 30.7 Å². The van der Waals surface area contributed by atoms with Crippen LogP contribution in [0.4, 0.5) is 5.69 Å². The minimum absolute atomic E-state index is 0.0164. The molecular formula is C8H6N4O2. The number of rotatable bonds is 2. The third-order valence-electron chi connectivity index (χ3n) is 1.75. The zero-order chi connectivity index (χ0) is 9.97. The predicted molar refractivity (Wildman–Crippen MR) is 48.5 cm³/mol. The molecule has 0 aromatic carbocycles. The van der Waals surface area contributed by atoms with Crippen LogP contribution >= 0.6 is 0 Å². The van der Waals surface area contributed by atoms with Gasteiger partial charge in [-0.05, 0) is 6.07 Å². The maximum absolute atomic E-state index is 10.3. The van der Waals surface area contributed by atoms with Crippen molar-refractivity contribution in [1.29, 1.82) is 0 Å². The molecule has 2 aromatic rings. The van der Waals surface area contributed by atoms with Crippen molar-refractivity contribution in [3.63, 3.8) is 0 Å². The summed E-state index contributed by atoms with van der Waals surface area (Å²) in [4.78, 5) is 13.8. The van der Waals surface area contributed by atoms with Gasteiger partial charge in [-0.15, -0.1) is 0 Å². The molecule has 0 amide bonds. The topological polar surface area (TPSA) is 84.7 Å². The molecular weight excluding hydrogens is 184 g/mol. The third kappa shape index (κ3) is 1.45. The standard InChI is InChI=1S/C8H6N4O2/c13-12(14)7-1-2-8(9-5-7)6-3-10-11-4-6/h1-5H,(H,10,11). The van der Waals surface area contributed by atoms with Crippen LogP contribution in [0.25, 0.3) is 11.3 Å². The van der Waals surface area contributed by atoms with E-state index in [2.05, 4.69) is 15.2 Å². The second-order valence-corrected chi connectivity index (χ2v) is 2.65. The van der Waals surface area contributed by atoms with Crippen LogP contribution in [0.5, 0.6) is 0 Å². The summed E-state index contributed by atoms with van der Waals surface area (Å²) < 4.78 is 0.